The molecule has 0 aliphatic rings. The van der Waals surface area contributed by atoms with Crippen molar-refractivity contribution in [1.29, 1.82) is 0 Å². The summed E-state index contributed by atoms with van der Waals surface area (Å²) < 4.78 is 10.1. The highest BCUT2D eigenvalue weighted by molar-refractivity contribution is 6.05. The normalized spacial score (nSPS) is 10.8. The minimum absolute atomic E-state index is 0.0462. The molecule has 0 saturated heterocycles. The van der Waals surface area contributed by atoms with Crippen LogP contribution in [0.3, 0.4) is 0 Å². The third kappa shape index (κ3) is 3.14. The number of ketones is 1. The van der Waals surface area contributed by atoms with E-state index in [0.29, 0.717) is 11.3 Å². The maximum absolute atomic E-state index is 11.9. The second-order valence-corrected chi connectivity index (χ2v) is 4.46. The number of hydrogen-bond acceptors (Lipinski definition) is 6. The molecule has 0 unspecified atom stereocenters. The molecule has 0 amide bonds. The fourth-order valence-corrected chi connectivity index (χ4v) is 1.83. The number of phenolic OH excluding ortho intramolecular Hbond substituents is 1. The van der Waals surface area contributed by atoms with Crippen molar-refractivity contribution in [2.24, 2.45) is 0 Å². The fourth-order valence-electron chi connectivity index (χ4n) is 1.83. The Hall–Kier alpha value is -3.09. The molecule has 2 aromatic rings. The first-order valence-corrected chi connectivity index (χ1v) is 6.26. The van der Waals surface area contributed by atoms with Crippen LogP contribution in [-0.4, -0.2) is 22.9 Å². The Balaban J connectivity index is 2.33. The number of nitro groups is 1. The summed E-state index contributed by atoms with van der Waals surface area (Å²) in [6.45, 7) is 1.72. The zero-order chi connectivity index (χ0) is 16.3. The Bertz CT molecular complexity index is 759. The Morgan fingerprint density at radius 3 is 2.68 bits per heavy atom. The molecule has 0 spiro atoms. The van der Waals surface area contributed by atoms with Gasteiger partial charge in [0.1, 0.15) is 5.76 Å². The van der Waals surface area contributed by atoms with Gasteiger partial charge in [0.2, 0.25) is 11.5 Å². The van der Waals surface area contributed by atoms with E-state index in [9.17, 15) is 20.0 Å². The van der Waals surface area contributed by atoms with Crippen LogP contribution < -0.4 is 4.74 Å². The average Bonchev–Trinajstić information content (AvgIpc) is 2.92. The van der Waals surface area contributed by atoms with Gasteiger partial charge < -0.3 is 14.3 Å². The summed E-state index contributed by atoms with van der Waals surface area (Å²) in [5, 5.41) is 20.6. The second kappa shape index (κ2) is 6.13. The number of methoxy groups -OCH3 is 1. The van der Waals surface area contributed by atoms with E-state index in [4.69, 9.17) is 9.15 Å². The summed E-state index contributed by atoms with van der Waals surface area (Å²) >= 11 is 0. The van der Waals surface area contributed by atoms with Crippen molar-refractivity contribution in [3.63, 3.8) is 0 Å². The summed E-state index contributed by atoms with van der Waals surface area (Å²) in [5.74, 6) is -0.191. The number of benzene rings is 1. The molecular weight excluding hydrogens is 290 g/mol. The molecule has 7 nitrogen and oxygen atoms in total. The third-order valence-electron chi connectivity index (χ3n) is 2.90. The molecule has 1 heterocycles. The molecule has 2 rings (SSSR count). The molecule has 0 aliphatic carbocycles. The second-order valence-electron chi connectivity index (χ2n) is 4.46. The van der Waals surface area contributed by atoms with Crippen LogP contribution in [-0.2, 0) is 0 Å². The first-order valence-electron chi connectivity index (χ1n) is 6.26. The standard InChI is InChI=1S/C15H13NO6/c1-9-3-6-13(22-9)12(17)5-4-10-7-11(16(19)20)15(18)14(8-10)21-2/h3-8,18H,1-2H3/b5-4+. The molecule has 0 aliphatic heterocycles. The van der Waals surface area contributed by atoms with Crippen molar-refractivity contribution in [1.82, 2.24) is 0 Å². The Labute approximate surface area is 125 Å². The summed E-state index contributed by atoms with van der Waals surface area (Å²) in [5.41, 5.74) is -0.154. The average molecular weight is 303 g/mol. The first-order chi connectivity index (χ1) is 10.4. The highest BCUT2D eigenvalue weighted by Crippen LogP contribution is 2.37. The summed E-state index contributed by atoms with van der Waals surface area (Å²) in [7, 11) is 1.28. The molecule has 114 valence electrons. The van der Waals surface area contributed by atoms with Crippen molar-refractivity contribution in [3.05, 3.63) is 57.5 Å². The van der Waals surface area contributed by atoms with E-state index in [1.807, 2.05) is 0 Å². The summed E-state index contributed by atoms with van der Waals surface area (Å²) in [6, 6.07) is 5.74. The molecule has 1 N–H and O–H groups in total. The van der Waals surface area contributed by atoms with Gasteiger partial charge in [-0.15, -0.1) is 0 Å². The van der Waals surface area contributed by atoms with Crippen LogP contribution in [0.2, 0.25) is 0 Å². The fraction of sp³-hybridized carbons (Fsp3) is 0.133. The maximum Gasteiger partial charge on any atom is 0.315 e. The van der Waals surface area contributed by atoms with Crippen molar-refractivity contribution in [3.8, 4) is 11.5 Å². The molecular formula is C15H13NO6. The number of hydrogen-bond donors (Lipinski definition) is 1. The number of nitrogens with zero attached hydrogens (tertiary/aromatic N) is 1. The predicted octanol–water partition coefficient (Wildman–Crippen LogP) is 3.11. The number of phenols is 1. The lowest BCUT2D eigenvalue weighted by Crippen LogP contribution is -1.94. The van der Waals surface area contributed by atoms with E-state index < -0.39 is 16.4 Å². The van der Waals surface area contributed by atoms with Gasteiger partial charge in [0.05, 0.1) is 12.0 Å². The molecule has 0 saturated carbocycles. The van der Waals surface area contributed by atoms with E-state index in [0.717, 1.165) is 6.07 Å². The van der Waals surface area contributed by atoms with Crippen LogP contribution in [0, 0.1) is 17.0 Å². The Morgan fingerprint density at radius 2 is 2.14 bits per heavy atom. The highest BCUT2D eigenvalue weighted by atomic mass is 16.6. The molecule has 1 aromatic carbocycles. The van der Waals surface area contributed by atoms with Crippen molar-refractivity contribution in [2.45, 2.75) is 6.92 Å². The van der Waals surface area contributed by atoms with Gasteiger partial charge in [-0.3, -0.25) is 14.9 Å². The van der Waals surface area contributed by atoms with E-state index in [2.05, 4.69) is 0 Å². The SMILES string of the molecule is COc1cc(/C=C/C(=O)c2ccc(C)o2)cc([N+](=O)[O-])c1O. The van der Waals surface area contributed by atoms with Crippen LogP contribution in [0.4, 0.5) is 5.69 Å². The topological polar surface area (TPSA) is 103 Å². The van der Waals surface area contributed by atoms with Crippen molar-refractivity contribution < 1.29 is 24.0 Å². The van der Waals surface area contributed by atoms with Gasteiger partial charge in [0.25, 0.3) is 0 Å². The van der Waals surface area contributed by atoms with Crippen molar-refractivity contribution in [2.75, 3.05) is 7.11 Å². The van der Waals surface area contributed by atoms with Crippen LogP contribution in [0.5, 0.6) is 11.5 Å². The number of ether oxygens (including phenoxy) is 1. The van der Waals surface area contributed by atoms with Gasteiger partial charge in [0.15, 0.2) is 11.5 Å². The number of allylic oxidation sites excluding steroid dienone is 1. The number of furan rings is 1. The smallest absolute Gasteiger partial charge is 0.315 e. The van der Waals surface area contributed by atoms with Gasteiger partial charge in [0, 0.05) is 6.07 Å². The largest absolute Gasteiger partial charge is 0.500 e. The number of aromatic hydroxyl groups is 1. The number of carbonyl (C=O) groups is 1. The molecule has 7 heteroatoms. The zero-order valence-electron chi connectivity index (χ0n) is 11.9. The van der Waals surface area contributed by atoms with Gasteiger partial charge in [-0.25, -0.2) is 0 Å². The predicted molar refractivity (Wildman–Crippen MR) is 78.1 cm³/mol. The number of carbonyl (C=O) groups excluding carboxylic acids is 1. The molecule has 22 heavy (non-hydrogen) atoms. The van der Waals surface area contributed by atoms with Crippen LogP contribution in [0.25, 0.3) is 6.08 Å². The van der Waals surface area contributed by atoms with E-state index >= 15 is 0 Å². The van der Waals surface area contributed by atoms with Crippen LogP contribution in [0.1, 0.15) is 21.9 Å². The van der Waals surface area contributed by atoms with E-state index in [1.54, 1.807) is 19.1 Å². The lowest BCUT2D eigenvalue weighted by Gasteiger charge is -2.05. The van der Waals surface area contributed by atoms with Crippen LogP contribution >= 0.6 is 0 Å². The van der Waals surface area contributed by atoms with E-state index in [-0.39, 0.29) is 17.3 Å². The Kier molecular flexibility index (Phi) is 4.26. The minimum atomic E-state index is -0.729. The highest BCUT2D eigenvalue weighted by Gasteiger charge is 2.19. The third-order valence-corrected chi connectivity index (χ3v) is 2.90. The number of rotatable bonds is 5. The first kappa shape index (κ1) is 15.3. The molecule has 0 bridgehead atoms. The van der Waals surface area contributed by atoms with Gasteiger partial charge in [-0.2, -0.15) is 0 Å². The van der Waals surface area contributed by atoms with Gasteiger partial charge in [-0.1, -0.05) is 6.08 Å². The number of nitro benzene ring substituents is 1. The monoisotopic (exact) mass is 303 g/mol. The zero-order valence-corrected chi connectivity index (χ0v) is 11.9. The van der Waals surface area contributed by atoms with Crippen LogP contribution in [0.15, 0.2) is 34.8 Å². The quantitative estimate of drug-likeness (QED) is 0.394. The Morgan fingerprint density at radius 1 is 1.41 bits per heavy atom. The molecule has 0 radical (unpaired) electrons. The van der Waals surface area contributed by atoms with Crippen molar-refractivity contribution >= 4 is 17.5 Å². The molecule has 1 aromatic heterocycles. The minimum Gasteiger partial charge on any atom is -0.500 e. The van der Waals surface area contributed by atoms with Gasteiger partial charge >= 0.3 is 5.69 Å². The summed E-state index contributed by atoms with van der Waals surface area (Å²) in [4.78, 5) is 22.0. The van der Waals surface area contributed by atoms with E-state index in [1.165, 1.54) is 25.3 Å². The van der Waals surface area contributed by atoms with Gasteiger partial charge in [-0.05, 0) is 36.8 Å². The maximum atomic E-state index is 11.9. The molecule has 0 fully saturated rings. The summed E-state index contributed by atoms with van der Waals surface area (Å²) in [6.07, 6.45) is 2.61. The lowest BCUT2D eigenvalue weighted by atomic mass is 10.1. The lowest BCUT2D eigenvalue weighted by molar-refractivity contribution is -0.386. The number of aryl methyl sites for hydroxylation is 1. The molecule has 0 atom stereocenters.